The third-order valence-electron chi connectivity index (χ3n) is 5.37. The molecule has 4 nitrogen and oxygen atoms in total. The van der Waals surface area contributed by atoms with Crippen molar-refractivity contribution in [2.45, 2.75) is 33.3 Å². The van der Waals surface area contributed by atoms with Crippen molar-refractivity contribution in [1.29, 1.82) is 0 Å². The first-order chi connectivity index (χ1) is 15.1. The fraction of sp³-hybridized carbons (Fsp3) is 0.185. The largest absolute Gasteiger partial charge is 0.483 e. The Bertz CT molecular complexity index is 1260. The number of hydrogen-bond acceptors (Lipinski definition) is 3. The van der Waals surface area contributed by atoms with E-state index in [9.17, 15) is 14.0 Å². The maximum Gasteiger partial charge on any atom is 0.255 e. The predicted octanol–water partition coefficient (Wildman–Crippen LogP) is 6.19. The number of ketones is 1. The lowest BCUT2D eigenvalue weighted by molar-refractivity contribution is 0.101. The Balaban J connectivity index is 1.67. The summed E-state index contributed by atoms with van der Waals surface area (Å²) in [5.74, 6) is -0.716. The molecule has 1 N–H and O–H groups in total. The number of anilines is 1. The second-order valence-corrected chi connectivity index (χ2v) is 8.55. The van der Waals surface area contributed by atoms with E-state index in [2.05, 4.69) is 23.5 Å². The molecule has 0 saturated carbocycles. The fourth-order valence-corrected chi connectivity index (χ4v) is 3.76. The summed E-state index contributed by atoms with van der Waals surface area (Å²) in [6.45, 7) is 7.31. The van der Waals surface area contributed by atoms with E-state index in [1.54, 1.807) is 18.2 Å². The van der Waals surface area contributed by atoms with Crippen molar-refractivity contribution >= 4 is 23.0 Å². The van der Waals surface area contributed by atoms with Crippen LogP contribution < -0.4 is 10.1 Å². The van der Waals surface area contributed by atoms with Crippen LogP contribution in [0.25, 0.3) is 5.57 Å². The first-order valence-electron chi connectivity index (χ1n) is 10.4. The van der Waals surface area contributed by atoms with E-state index in [1.807, 2.05) is 32.9 Å². The van der Waals surface area contributed by atoms with Crippen LogP contribution in [0.4, 0.5) is 10.1 Å². The molecule has 5 heteroatoms. The van der Waals surface area contributed by atoms with Crippen molar-refractivity contribution < 1.29 is 18.7 Å². The second-order valence-electron chi connectivity index (χ2n) is 8.55. The van der Waals surface area contributed by atoms with Crippen molar-refractivity contribution in [2.24, 2.45) is 0 Å². The van der Waals surface area contributed by atoms with Gasteiger partial charge in [-0.05, 0) is 81.3 Å². The summed E-state index contributed by atoms with van der Waals surface area (Å²) in [5.41, 5.74) is 4.20. The zero-order chi connectivity index (χ0) is 23.0. The van der Waals surface area contributed by atoms with Crippen LogP contribution in [0.3, 0.4) is 0 Å². The Morgan fingerprint density at radius 2 is 1.69 bits per heavy atom. The van der Waals surface area contributed by atoms with Crippen LogP contribution in [0.15, 0.2) is 66.7 Å². The molecule has 162 valence electrons. The van der Waals surface area contributed by atoms with Crippen LogP contribution >= 0.6 is 0 Å². The van der Waals surface area contributed by atoms with Gasteiger partial charge in [0.1, 0.15) is 17.2 Å². The van der Waals surface area contributed by atoms with Gasteiger partial charge < -0.3 is 10.1 Å². The first kappa shape index (κ1) is 21.5. The molecular weight excluding hydrogens is 405 g/mol. The van der Waals surface area contributed by atoms with Crippen molar-refractivity contribution in [3.63, 3.8) is 0 Å². The lowest BCUT2D eigenvalue weighted by Gasteiger charge is -2.31. The van der Waals surface area contributed by atoms with E-state index in [1.165, 1.54) is 19.1 Å². The predicted molar refractivity (Wildman–Crippen MR) is 124 cm³/mol. The highest BCUT2D eigenvalue weighted by Crippen LogP contribution is 2.40. The quantitative estimate of drug-likeness (QED) is 0.503. The van der Waals surface area contributed by atoms with Crippen LogP contribution in [-0.2, 0) is 0 Å². The number of halogens is 1. The molecule has 0 atom stereocenters. The van der Waals surface area contributed by atoms with E-state index in [0.29, 0.717) is 11.3 Å². The Morgan fingerprint density at radius 3 is 2.34 bits per heavy atom. The van der Waals surface area contributed by atoms with Gasteiger partial charge in [-0.25, -0.2) is 4.39 Å². The van der Waals surface area contributed by atoms with Crippen molar-refractivity contribution in [1.82, 2.24) is 0 Å². The molecule has 1 aliphatic heterocycles. The summed E-state index contributed by atoms with van der Waals surface area (Å²) in [7, 11) is 0. The molecular formula is C27H24FNO3. The van der Waals surface area contributed by atoms with Gasteiger partial charge in [0.15, 0.2) is 5.78 Å². The van der Waals surface area contributed by atoms with Crippen molar-refractivity contribution in [3.05, 3.63) is 100 Å². The first-order valence-corrected chi connectivity index (χ1v) is 10.4. The van der Waals surface area contributed by atoms with Crippen LogP contribution in [-0.4, -0.2) is 17.3 Å². The number of rotatable bonds is 4. The van der Waals surface area contributed by atoms with Gasteiger partial charge in [0.05, 0.1) is 5.56 Å². The lowest BCUT2D eigenvalue weighted by Crippen LogP contribution is -2.29. The molecule has 0 saturated heterocycles. The monoisotopic (exact) mass is 429 g/mol. The molecule has 0 radical (unpaired) electrons. The number of aryl methyl sites for hydroxylation is 1. The van der Waals surface area contributed by atoms with Gasteiger partial charge in [0.25, 0.3) is 5.91 Å². The topological polar surface area (TPSA) is 55.4 Å². The number of ether oxygens (including phenoxy) is 1. The number of nitrogens with one attached hydrogen (secondary N) is 1. The SMILES string of the molecule is CC(=O)c1ccc(NC(=O)c2ccc3c(c2)C(c2ccc(C)cc2)=CC(C)(C)O3)cc1F. The summed E-state index contributed by atoms with van der Waals surface area (Å²) in [6.07, 6.45) is 2.05. The minimum Gasteiger partial charge on any atom is -0.483 e. The number of hydrogen-bond donors (Lipinski definition) is 1. The van der Waals surface area contributed by atoms with E-state index in [4.69, 9.17) is 4.74 Å². The van der Waals surface area contributed by atoms with Gasteiger partial charge in [-0.1, -0.05) is 29.8 Å². The molecule has 0 aliphatic carbocycles. The molecule has 3 aromatic rings. The lowest BCUT2D eigenvalue weighted by atomic mass is 9.88. The van der Waals surface area contributed by atoms with E-state index in [0.717, 1.165) is 28.3 Å². The number of fused-ring (bicyclic) bond motifs is 1. The highest BCUT2D eigenvalue weighted by Gasteiger charge is 2.28. The van der Waals surface area contributed by atoms with Gasteiger partial charge in [-0.3, -0.25) is 9.59 Å². The number of Topliss-reactive ketones (excluding diaryl/α,β-unsaturated/α-hetero) is 1. The number of amides is 1. The smallest absolute Gasteiger partial charge is 0.255 e. The highest BCUT2D eigenvalue weighted by molar-refractivity contribution is 6.05. The minimum atomic E-state index is -0.666. The molecule has 1 aliphatic rings. The van der Waals surface area contributed by atoms with Gasteiger partial charge >= 0.3 is 0 Å². The highest BCUT2D eigenvalue weighted by atomic mass is 19.1. The van der Waals surface area contributed by atoms with Crippen LogP contribution in [0, 0.1) is 12.7 Å². The third-order valence-corrected chi connectivity index (χ3v) is 5.37. The number of benzene rings is 3. The summed E-state index contributed by atoms with van der Waals surface area (Å²) in [4.78, 5) is 24.3. The summed E-state index contributed by atoms with van der Waals surface area (Å²) in [5, 5.41) is 2.70. The van der Waals surface area contributed by atoms with E-state index >= 15 is 0 Å². The maximum absolute atomic E-state index is 14.1. The third kappa shape index (κ3) is 4.33. The average Bonchev–Trinajstić information content (AvgIpc) is 2.72. The Hall–Kier alpha value is -3.73. The van der Waals surface area contributed by atoms with Crippen LogP contribution in [0.5, 0.6) is 5.75 Å². The minimum absolute atomic E-state index is 0.00980. The number of carbonyl (C=O) groups excluding carboxylic acids is 2. The molecule has 32 heavy (non-hydrogen) atoms. The normalized spacial score (nSPS) is 14.1. The Labute approximate surface area is 186 Å². The van der Waals surface area contributed by atoms with Crippen molar-refractivity contribution in [2.75, 3.05) is 5.32 Å². The molecule has 0 spiro atoms. The van der Waals surface area contributed by atoms with Gasteiger partial charge in [0.2, 0.25) is 0 Å². The molecule has 0 aromatic heterocycles. The molecule has 0 bridgehead atoms. The zero-order valence-electron chi connectivity index (χ0n) is 18.5. The zero-order valence-corrected chi connectivity index (χ0v) is 18.5. The summed E-state index contributed by atoms with van der Waals surface area (Å²) < 4.78 is 20.2. The molecule has 4 rings (SSSR count). The Morgan fingerprint density at radius 1 is 0.969 bits per heavy atom. The molecule has 3 aromatic carbocycles. The maximum atomic E-state index is 14.1. The molecule has 1 heterocycles. The molecule has 0 fully saturated rings. The number of carbonyl (C=O) groups is 2. The van der Waals surface area contributed by atoms with E-state index in [-0.39, 0.29) is 22.9 Å². The standard InChI is InChI=1S/C27H24FNO3/c1-16-5-7-18(8-6-16)23-15-27(3,4)32-25-12-9-19(13-22(23)25)26(31)29-20-10-11-21(17(2)30)24(28)14-20/h5-15H,1-4H3,(H,29,31). The van der Waals surface area contributed by atoms with Gasteiger partial charge in [-0.2, -0.15) is 0 Å². The average molecular weight is 429 g/mol. The fourth-order valence-electron chi connectivity index (χ4n) is 3.76. The molecule has 1 amide bonds. The van der Waals surface area contributed by atoms with Gasteiger partial charge in [0, 0.05) is 16.8 Å². The van der Waals surface area contributed by atoms with Crippen LogP contribution in [0.2, 0.25) is 0 Å². The van der Waals surface area contributed by atoms with Crippen molar-refractivity contribution in [3.8, 4) is 5.75 Å². The summed E-state index contributed by atoms with van der Waals surface area (Å²) >= 11 is 0. The second kappa shape index (κ2) is 8.08. The van der Waals surface area contributed by atoms with E-state index < -0.39 is 11.4 Å². The molecule has 0 unspecified atom stereocenters. The Kier molecular flexibility index (Phi) is 5.43. The van der Waals surface area contributed by atoms with Gasteiger partial charge in [-0.15, -0.1) is 0 Å². The van der Waals surface area contributed by atoms with Crippen LogP contribution in [0.1, 0.15) is 58.2 Å². The summed E-state index contributed by atoms with van der Waals surface area (Å²) in [6, 6.07) is 17.5.